The Morgan fingerprint density at radius 2 is 1.59 bits per heavy atom. The normalized spacial score (nSPS) is 18.4. The molecule has 0 aromatic heterocycles. The van der Waals surface area contributed by atoms with Crippen molar-refractivity contribution in [1.82, 2.24) is 9.21 Å². The number of sulfonamides is 1. The molecule has 6 nitrogen and oxygen atoms in total. The summed E-state index contributed by atoms with van der Waals surface area (Å²) >= 11 is 0. The zero-order valence-electron chi connectivity index (χ0n) is 18.8. The maximum Gasteiger partial charge on any atom is 0.255 e. The molecule has 7 heteroatoms. The Kier molecular flexibility index (Phi) is 7.28. The first-order valence-electron chi connectivity index (χ1n) is 11.7. The number of aryl methyl sites for hydroxylation is 1. The summed E-state index contributed by atoms with van der Waals surface area (Å²) < 4.78 is 27.6. The Bertz CT molecular complexity index is 1060. The van der Waals surface area contributed by atoms with Crippen molar-refractivity contribution in [3.63, 3.8) is 0 Å². The van der Waals surface area contributed by atoms with Crippen LogP contribution in [0.5, 0.6) is 0 Å². The van der Waals surface area contributed by atoms with Crippen LogP contribution >= 0.6 is 0 Å². The molecular weight excluding hydrogens is 422 g/mol. The summed E-state index contributed by atoms with van der Waals surface area (Å²) in [4.78, 5) is 15.7. The summed E-state index contributed by atoms with van der Waals surface area (Å²) in [5.74, 6) is -0.284. The van der Waals surface area contributed by atoms with E-state index in [-0.39, 0.29) is 10.8 Å². The first-order chi connectivity index (χ1) is 15.4. The summed E-state index contributed by atoms with van der Waals surface area (Å²) in [6.45, 7) is 6.04. The maximum absolute atomic E-state index is 13.1. The van der Waals surface area contributed by atoms with Gasteiger partial charge in [-0.3, -0.25) is 9.69 Å². The lowest BCUT2D eigenvalue weighted by molar-refractivity contribution is 0.102. The van der Waals surface area contributed by atoms with Crippen LogP contribution in [0, 0.1) is 6.92 Å². The molecule has 0 aliphatic carbocycles. The minimum atomic E-state index is -3.58. The summed E-state index contributed by atoms with van der Waals surface area (Å²) in [6, 6.07) is 12.8. The van der Waals surface area contributed by atoms with E-state index >= 15 is 0 Å². The largest absolute Gasteiger partial charge is 0.322 e. The molecule has 1 N–H and O–H groups in total. The first kappa shape index (κ1) is 23.0. The number of rotatable bonds is 6. The molecule has 2 saturated heterocycles. The van der Waals surface area contributed by atoms with E-state index in [1.807, 2.05) is 25.1 Å². The quantitative estimate of drug-likeness (QED) is 0.701. The topological polar surface area (TPSA) is 69.7 Å². The molecule has 2 aromatic rings. The van der Waals surface area contributed by atoms with Crippen LogP contribution in [0.25, 0.3) is 0 Å². The van der Waals surface area contributed by atoms with Crippen LogP contribution in [0.2, 0.25) is 0 Å². The van der Waals surface area contributed by atoms with Gasteiger partial charge in [-0.05, 0) is 81.1 Å². The number of likely N-dealkylation sites (tertiary alicyclic amines) is 1. The summed E-state index contributed by atoms with van der Waals surface area (Å²) in [5, 5.41) is 2.97. The number of hydrogen-bond donors (Lipinski definition) is 1. The number of nitrogens with one attached hydrogen (secondary N) is 1. The van der Waals surface area contributed by atoms with Crippen molar-refractivity contribution in [2.75, 3.05) is 31.5 Å². The average molecular weight is 456 g/mol. The van der Waals surface area contributed by atoms with Gasteiger partial charge in [0.05, 0.1) is 4.90 Å². The number of carbonyl (C=O) groups excluding carboxylic acids is 1. The van der Waals surface area contributed by atoms with E-state index in [1.54, 1.807) is 12.1 Å². The number of amides is 1. The SMILES string of the molecule is Cc1ccc(S(=O)(=O)N2CCCCC2)cc1C(=O)Nc1cccc(CN2CCCCC2)c1. The Hall–Kier alpha value is -2.22. The van der Waals surface area contributed by atoms with Gasteiger partial charge in [0, 0.05) is 30.9 Å². The fraction of sp³-hybridized carbons (Fsp3) is 0.480. The van der Waals surface area contributed by atoms with Crippen LogP contribution in [0.3, 0.4) is 0 Å². The van der Waals surface area contributed by atoms with Gasteiger partial charge in [-0.15, -0.1) is 0 Å². The molecule has 2 heterocycles. The highest BCUT2D eigenvalue weighted by Gasteiger charge is 2.27. The van der Waals surface area contributed by atoms with Gasteiger partial charge in [0.15, 0.2) is 0 Å². The molecule has 0 atom stereocenters. The number of piperidine rings is 2. The van der Waals surface area contributed by atoms with Gasteiger partial charge in [0.1, 0.15) is 0 Å². The van der Waals surface area contributed by atoms with E-state index in [4.69, 9.17) is 0 Å². The molecule has 0 bridgehead atoms. The predicted octanol–water partition coefficient (Wildman–Crippen LogP) is 4.41. The van der Waals surface area contributed by atoms with E-state index in [2.05, 4.69) is 16.3 Å². The third-order valence-corrected chi connectivity index (χ3v) is 8.34. The van der Waals surface area contributed by atoms with Gasteiger partial charge in [0.2, 0.25) is 10.0 Å². The van der Waals surface area contributed by atoms with Crippen LogP contribution in [-0.4, -0.2) is 49.7 Å². The van der Waals surface area contributed by atoms with Gasteiger partial charge in [-0.1, -0.05) is 31.0 Å². The Morgan fingerprint density at radius 1 is 0.906 bits per heavy atom. The van der Waals surface area contributed by atoms with Gasteiger partial charge in [-0.2, -0.15) is 4.31 Å². The number of hydrogen-bond acceptors (Lipinski definition) is 4. The summed E-state index contributed by atoms with van der Waals surface area (Å²) in [7, 11) is -3.58. The molecule has 0 saturated carbocycles. The molecule has 0 spiro atoms. The van der Waals surface area contributed by atoms with E-state index in [9.17, 15) is 13.2 Å². The molecule has 0 radical (unpaired) electrons. The number of carbonyl (C=O) groups is 1. The molecule has 2 aromatic carbocycles. The predicted molar refractivity (Wildman–Crippen MR) is 127 cm³/mol. The van der Waals surface area contributed by atoms with Crippen molar-refractivity contribution < 1.29 is 13.2 Å². The van der Waals surface area contributed by atoms with Crippen LogP contribution in [-0.2, 0) is 16.6 Å². The van der Waals surface area contributed by atoms with E-state index in [1.165, 1.54) is 35.2 Å². The summed E-state index contributed by atoms with van der Waals surface area (Å²) in [6.07, 6.45) is 6.61. The second-order valence-corrected chi connectivity index (χ2v) is 10.9. The molecular formula is C25H33N3O3S. The van der Waals surface area contributed by atoms with Crippen molar-refractivity contribution in [1.29, 1.82) is 0 Å². The zero-order chi connectivity index (χ0) is 22.6. The van der Waals surface area contributed by atoms with Crippen molar-refractivity contribution in [3.05, 3.63) is 59.2 Å². The molecule has 32 heavy (non-hydrogen) atoms. The number of benzene rings is 2. The lowest BCUT2D eigenvalue weighted by Gasteiger charge is -2.26. The third kappa shape index (κ3) is 5.39. The third-order valence-electron chi connectivity index (χ3n) is 6.45. The van der Waals surface area contributed by atoms with Crippen molar-refractivity contribution in [2.24, 2.45) is 0 Å². The van der Waals surface area contributed by atoms with E-state index < -0.39 is 10.0 Å². The molecule has 2 fully saturated rings. The van der Waals surface area contributed by atoms with Crippen LogP contribution in [0.1, 0.15) is 60.0 Å². The highest BCUT2D eigenvalue weighted by molar-refractivity contribution is 7.89. The van der Waals surface area contributed by atoms with Gasteiger partial charge in [-0.25, -0.2) is 8.42 Å². The number of nitrogens with zero attached hydrogens (tertiary/aromatic N) is 2. The minimum Gasteiger partial charge on any atom is -0.322 e. The maximum atomic E-state index is 13.1. The number of anilines is 1. The fourth-order valence-corrected chi connectivity index (χ4v) is 6.13. The molecule has 1 amide bonds. The minimum absolute atomic E-state index is 0.189. The smallest absolute Gasteiger partial charge is 0.255 e. The lowest BCUT2D eigenvalue weighted by Crippen LogP contribution is -2.35. The van der Waals surface area contributed by atoms with Crippen molar-refractivity contribution >= 4 is 21.6 Å². The second kappa shape index (κ2) is 10.1. The van der Waals surface area contributed by atoms with Crippen LogP contribution in [0.4, 0.5) is 5.69 Å². The fourth-order valence-electron chi connectivity index (χ4n) is 4.58. The van der Waals surface area contributed by atoms with Gasteiger partial charge in [0.25, 0.3) is 5.91 Å². The standard InChI is InChI=1S/C25H33N3O3S/c1-20-11-12-23(32(30,31)28-15-6-3-7-16-28)18-24(20)25(29)26-22-10-8-9-21(17-22)19-27-13-4-2-5-14-27/h8-12,17-18H,2-7,13-16,19H2,1H3,(H,26,29). The zero-order valence-corrected chi connectivity index (χ0v) is 19.7. The van der Waals surface area contributed by atoms with E-state index in [0.717, 1.165) is 50.1 Å². The molecule has 4 rings (SSSR count). The summed E-state index contributed by atoms with van der Waals surface area (Å²) in [5.41, 5.74) is 3.05. The Balaban J connectivity index is 1.50. The molecule has 2 aliphatic rings. The van der Waals surface area contributed by atoms with Gasteiger partial charge >= 0.3 is 0 Å². The monoisotopic (exact) mass is 455 g/mol. The van der Waals surface area contributed by atoms with Crippen LogP contribution < -0.4 is 5.32 Å². The van der Waals surface area contributed by atoms with E-state index in [0.29, 0.717) is 18.7 Å². The second-order valence-electron chi connectivity index (χ2n) is 8.93. The first-order valence-corrected chi connectivity index (χ1v) is 13.1. The Labute approximate surface area is 191 Å². The average Bonchev–Trinajstić information content (AvgIpc) is 2.80. The van der Waals surface area contributed by atoms with Crippen molar-refractivity contribution in [3.8, 4) is 0 Å². The highest BCUT2D eigenvalue weighted by atomic mass is 32.2. The molecule has 172 valence electrons. The van der Waals surface area contributed by atoms with Crippen molar-refractivity contribution in [2.45, 2.75) is 56.9 Å². The van der Waals surface area contributed by atoms with Crippen LogP contribution in [0.15, 0.2) is 47.4 Å². The molecule has 0 unspecified atom stereocenters. The molecule has 2 aliphatic heterocycles. The lowest BCUT2D eigenvalue weighted by atomic mass is 10.1. The Morgan fingerprint density at radius 3 is 2.31 bits per heavy atom. The van der Waals surface area contributed by atoms with Gasteiger partial charge < -0.3 is 5.32 Å². The highest BCUT2D eigenvalue weighted by Crippen LogP contribution is 2.24.